The smallest absolute Gasteiger partial charge is 0.370 e. The number of nitrogens with zero attached hydrogens (tertiary/aromatic N) is 6. The standard InChI is InChI=1S/C16H20F3N7O2/c1-3-26-21-8-11(24-26)14(27)20-9-15(2)10-25(6-7-28-15)13-5-4-12(22-23-13)16(17,18)19/h4-5,8H,3,6-7,9-10H2,1-2H3,(H,20,27). The maximum absolute atomic E-state index is 12.6. The van der Waals surface area contributed by atoms with Crippen molar-refractivity contribution in [3.05, 3.63) is 29.7 Å². The van der Waals surface area contributed by atoms with Crippen molar-refractivity contribution in [3.8, 4) is 0 Å². The fourth-order valence-corrected chi connectivity index (χ4v) is 2.79. The van der Waals surface area contributed by atoms with Gasteiger partial charge in [-0.2, -0.15) is 23.1 Å². The number of carbonyl (C=O) groups excluding carboxylic acids is 1. The minimum absolute atomic E-state index is 0.190. The van der Waals surface area contributed by atoms with Crippen LogP contribution < -0.4 is 10.2 Å². The van der Waals surface area contributed by atoms with Crippen molar-refractivity contribution >= 4 is 11.7 Å². The second-order valence-corrected chi connectivity index (χ2v) is 6.60. The largest absolute Gasteiger partial charge is 0.435 e. The van der Waals surface area contributed by atoms with Crippen molar-refractivity contribution in [2.24, 2.45) is 0 Å². The maximum atomic E-state index is 12.6. The molecule has 1 amide bonds. The fourth-order valence-electron chi connectivity index (χ4n) is 2.79. The van der Waals surface area contributed by atoms with Crippen LogP contribution in [0.15, 0.2) is 18.3 Å². The monoisotopic (exact) mass is 399 g/mol. The number of aryl methyl sites for hydroxylation is 1. The van der Waals surface area contributed by atoms with E-state index >= 15 is 0 Å². The van der Waals surface area contributed by atoms with E-state index in [1.54, 1.807) is 11.8 Å². The third-order valence-corrected chi connectivity index (χ3v) is 4.28. The molecule has 12 heteroatoms. The molecule has 1 unspecified atom stereocenters. The molecule has 2 aromatic heterocycles. The Balaban J connectivity index is 1.62. The van der Waals surface area contributed by atoms with Crippen molar-refractivity contribution in [1.29, 1.82) is 0 Å². The Kier molecular flexibility index (Phi) is 5.49. The Bertz CT molecular complexity index is 824. The molecule has 0 radical (unpaired) electrons. The van der Waals surface area contributed by atoms with Crippen molar-refractivity contribution in [1.82, 2.24) is 30.5 Å². The summed E-state index contributed by atoms with van der Waals surface area (Å²) >= 11 is 0. The highest BCUT2D eigenvalue weighted by atomic mass is 19.4. The molecule has 3 heterocycles. The molecule has 1 fully saturated rings. The van der Waals surface area contributed by atoms with Gasteiger partial charge in [0.2, 0.25) is 0 Å². The van der Waals surface area contributed by atoms with Crippen LogP contribution in [0.3, 0.4) is 0 Å². The van der Waals surface area contributed by atoms with Crippen LogP contribution >= 0.6 is 0 Å². The predicted molar refractivity (Wildman–Crippen MR) is 91.6 cm³/mol. The number of hydrogen-bond acceptors (Lipinski definition) is 7. The van der Waals surface area contributed by atoms with E-state index in [1.165, 1.54) is 17.1 Å². The van der Waals surface area contributed by atoms with Gasteiger partial charge in [-0.05, 0) is 26.0 Å². The van der Waals surface area contributed by atoms with Crippen LogP contribution in [0, 0.1) is 0 Å². The number of nitrogens with one attached hydrogen (secondary N) is 1. The summed E-state index contributed by atoms with van der Waals surface area (Å²) in [4.78, 5) is 15.4. The Hall–Kier alpha value is -2.76. The Morgan fingerprint density at radius 1 is 1.36 bits per heavy atom. The molecular formula is C16H20F3N7O2. The first kappa shape index (κ1) is 20.0. The van der Waals surface area contributed by atoms with Gasteiger partial charge in [0, 0.05) is 19.6 Å². The summed E-state index contributed by atoms with van der Waals surface area (Å²) in [7, 11) is 0. The SMILES string of the molecule is CCn1ncc(C(=O)NCC2(C)CN(c3ccc(C(F)(F)F)nn3)CCO2)n1. The normalized spacial score (nSPS) is 20.2. The van der Waals surface area contributed by atoms with Gasteiger partial charge in [-0.15, -0.1) is 15.3 Å². The number of carbonyl (C=O) groups is 1. The van der Waals surface area contributed by atoms with Crippen LogP contribution in [0.1, 0.15) is 30.0 Å². The molecule has 2 aromatic rings. The number of amides is 1. The quantitative estimate of drug-likeness (QED) is 0.805. The summed E-state index contributed by atoms with van der Waals surface area (Å²) in [5.74, 6) is -0.0595. The average Bonchev–Trinajstić information content (AvgIpc) is 3.15. The minimum atomic E-state index is -4.53. The van der Waals surface area contributed by atoms with Gasteiger partial charge in [0.15, 0.2) is 17.2 Å². The number of hydrogen-bond donors (Lipinski definition) is 1. The first-order chi connectivity index (χ1) is 13.2. The molecule has 28 heavy (non-hydrogen) atoms. The number of rotatable bonds is 5. The topological polar surface area (TPSA) is 98.1 Å². The van der Waals surface area contributed by atoms with Gasteiger partial charge >= 0.3 is 6.18 Å². The third-order valence-electron chi connectivity index (χ3n) is 4.28. The van der Waals surface area contributed by atoms with Crippen LogP contribution in [-0.4, -0.2) is 62.9 Å². The van der Waals surface area contributed by atoms with E-state index in [9.17, 15) is 18.0 Å². The zero-order valence-electron chi connectivity index (χ0n) is 15.4. The minimum Gasteiger partial charge on any atom is -0.370 e. The third kappa shape index (κ3) is 4.55. The van der Waals surface area contributed by atoms with Crippen molar-refractivity contribution in [3.63, 3.8) is 0 Å². The van der Waals surface area contributed by atoms with E-state index in [2.05, 4.69) is 25.7 Å². The highest BCUT2D eigenvalue weighted by molar-refractivity contribution is 5.91. The predicted octanol–water partition coefficient (Wildman–Crippen LogP) is 1.13. The first-order valence-corrected chi connectivity index (χ1v) is 8.68. The lowest BCUT2D eigenvalue weighted by Gasteiger charge is -2.40. The highest BCUT2D eigenvalue weighted by Gasteiger charge is 2.35. The van der Waals surface area contributed by atoms with Gasteiger partial charge in [0.25, 0.3) is 5.91 Å². The molecule has 3 rings (SSSR count). The summed E-state index contributed by atoms with van der Waals surface area (Å²) < 4.78 is 43.7. The molecule has 0 saturated carbocycles. The Morgan fingerprint density at radius 2 is 2.14 bits per heavy atom. The maximum Gasteiger partial charge on any atom is 0.435 e. The van der Waals surface area contributed by atoms with Crippen LogP contribution in [0.25, 0.3) is 0 Å². The lowest BCUT2D eigenvalue weighted by atomic mass is 10.0. The average molecular weight is 399 g/mol. The van der Waals surface area contributed by atoms with Crippen LogP contribution in [0.2, 0.25) is 0 Å². The van der Waals surface area contributed by atoms with E-state index in [0.29, 0.717) is 32.1 Å². The highest BCUT2D eigenvalue weighted by Crippen LogP contribution is 2.28. The number of anilines is 1. The van der Waals surface area contributed by atoms with Gasteiger partial charge in [-0.3, -0.25) is 4.79 Å². The molecule has 1 aliphatic rings. The summed E-state index contributed by atoms with van der Waals surface area (Å²) in [5, 5.41) is 17.7. The second-order valence-electron chi connectivity index (χ2n) is 6.60. The zero-order valence-corrected chi connectivity index (χ0v) is 15.4. The van der Waals surface area contributed by atoms with Gasteiger partial charge in [0.1, 0.15) is 5.60 Å². The number of aromatic nitrogens is 5. The summed E-state index contributed by atoms with van der Waals surface area (Å²) in [6, 6.07) is 2.18. The van der Waals surface area contributed by atoms with Crippen LogP contribution in [-0.2, 0) is 17.5 Å². The van der Waals surface area contributed by atoms with E-state index in [1.807, 2.05) is 6.92 Å². The molecule has 0 bridgehead atoms. The first-order valence-electron chi connectivity index (χ1n) is 8.68. The molecule has 0 spiro atoms. The number of alkyl halides is 3. The lowest BCUT2D eigenvalue weighted by molar-refractivity contribution is -0.141. The van der Waals surface area contributed by atoms with E-state index in [-0.39, 0.29) is 18.1 Å². The summed E-state index contributed by atoms with van der Waals surface area (Å²) in [5.41, 5.74) is -1.59. The molecule has 0 aromatic carbocycles. The molecule has 1 saturated heterocycles. The molecule has 0 aliphatic carbocycles. The van der Waals surface area contributed by atoms with Crippen LogP contribution in [0.5, 0.6) is 0 Å². The molecule has 152 valence electrons. The molecule has 1 aliphatic heterocycles. The molecule has 1 atom stereocenters. The van der Waals surface area contributed by atoms with Gasteiger partial charge in [-0.25, -0.2) is 0 Å². The Morgan fingerprint density at radius 3 is 2.75 bits per heavy atom. The zero-order chi connectivity index (χ0) is 20.4. The summed E-state index contributed by atoms with van der Waals surface area (Å²) in [6.07, 6.45) is -3.15. The fraction of sp³-hybridized carbons (Fsp3) is 0.562. The van der Waals surface area contributed by atoms with Gasteiger partial charge < -0.3 is 15.0 Å². The number of morpholine rings is 1. The molecular weight excluding hydrogens is 379 g/mol. The summed E-state index contributed by atoms with van der Waals surface area (Å²) in [6.45, 7) is 5.52. The van der Waals surface area contributed by atoms with E-state index in [0.717, 1.165) is 6.07 Å². The van der Waals surface area contributed by atoms with Gasteiger partial charge in [0.05, 0.1) is 19.3 Å². The van der Waals surface area contributed by atoms with Crippen molar-refractivity contribution in [2.75, 3.05) is 31.1 Å². The number of ether oxygens (including phenoxy) is 1. The van der Waals surface area contributed by atoms with Crippen molar-refractivity contribution in [2.45, 2.75) is 32.2 Å². The number of halogens is 3. The van der Waals surface area contributed by atoms with E-state index in [4.69, 9.17) is 4.74 Å². The van der Waals surface area contributed by atoms with E-state index < -0.39 is 17.5 Å². The van der Waals surface area contributed by atoms with Crippen LogP contribution in [0.4, 0.5) is 19.0 Å². The lowest BCUT2D eigenvalue weighted by Crippen LogP contribution is -2.56. The molecule has 9 nitrogen and oxygen atoms in total. The second kappa shape index (κ2) is 7.70. The molecule has 1 N–H and O–H groups in total. The Labute approximate surface area is 158 Å². The van der Waals surface area contributed by atoms with Crippen molar-refractivity contribution < 1.29 is 22.7 Å². The van der Waals surface area contributed by atoms with Gasteiger partial charge in [-0.1, -0.05) is 0 Å².